The van der Waals surface area contributed by atoms with E-state index in [0.29, 0.717) is 0 Å². The highest BCUT2D eigenvalue weighted by Gasteiger charge is 2.28. The number of halogens is 1. The second-order valence-corrected chi connectivity index (χ2v) is 6.06. The smallest absolute Gasteiger partial charge is 0.187 e. The number of rotatable bonds is 2. The van der Waals surface area contributed by atoms with Gasteiger partial charge in [0.1, 0.15) is 0 Å². The Labute approximate surface area is 116 Å². The third-order valence-corrected chi connectivity index (χ3v) is 4.47. The molecule has 3 fully saturated rings. The number of hydrogen-bond donors (Lipinski definition) is 0. The lowest BCUT2D eigenvalue weighted by Gasteiger charge is -2.42. The van der Waals surface area contributed by atoms with Gasteiger partial charge in [-0.3, -0.25) is 4.79 Å². The topological polar surface area (TPSA) is 20.3 Å². The molecular weight excluding hydrogens is 290 g/mol. The number of ketones is 1. The second kappa shape index (κ2) is 4.88. The van der Waals surface area contributed by atoms with Crippen LogP contribution in [0, 0.1) is 5.92 Å². The highest BCUT2D eigenvalue weighted by Crippen LogP contribution is 2.34. The van der Waals surface area contributed by atoms with Gasteiger partial charge in [0.15, 0.2) is 5.78 Å². The van der Waals surface area contributed by atoms with Gasteiger partial charge in [0.2, 0.25) is 0 Å². The fourth-order valence-corrected chi connectivity index (χ4v) is 3.11. The Morgan fingerprint density at radius 2 is 1.89 bits per heavy atom. The zero-order chi connectivity index (χ0) is 12.5. The van der Waals surface area contributed by atoms with Crippen LogP contribution in [-0.2, 0) is 0 Å². The molecule has 4 rings (SSSR count). The average Bonchev–Trinajstić information content (AvgIpc) is 2.41. The molecule has 3 saturated heterocycles. The normalized spacial score (nSPS) is 21.6. The molecule has 3 aliphatic heterocycles. The van der Waals surface area contributed by atoms with Gasteiger partial charge in [0.25, 0.3) is 0 Å². The molecule has 0 aromatic heterocycles. The van der Waals surface area contributed by atoms with Crippen molar-refractivity contribution in [2.45, 2.75) is 19.3 Å². The number of allylic oxidation sites excluding steroid dienone is 2. The molecular formula is C15H16BrNO. The van der Waals surface area contributed by atoms with Crippen LogP contribution in [0.3, 0.4) is 0 Å². The van der Waals surface area contributed by atoms with Crippen molar-refractivity contribution in [3.05, 3.63) is 46.1 Å². The molecule has 1 aromatic carbocycles. The summed E-state index contributed by atoms with van der Waals surface area (Å²) in [4.78, 5) is 14.6. The molecule has 0 amide bonds. The van der Waals surface area contributed by atoms with Gasteiger partial charge >= 0.3 is 0 Å². The molecule has 0 saturated carbocycles. The van der Waals surface area contributed by atoms with Gasteiger partial charge in [0, 0.05) is 34.9 Å². The van der Waals surface area contributed by atoms with E-state index in [-0.39, 0.29) is 5.78 Å². The first-order valence-electron chi connectivity index (χ1n) is 6.48. The van der Waals surface area contributed by atoms with Gasteiger partial charge in [-0.05, 0) is 49.4 Å². The molecule has 3 heterocycles. The summed E-state index contributed by atoms with van der Waals surface area (Å²) in [7, 11) is 0. The van der Waals surface area contributed by atoms with Gasteiger partial charge in [-0.15, -0.1) is 0 Å². The molecule has 94 valence electrons. The molecule has 0 radical (unpaired) electrons. The molecule has 3 aliphatic rings. The van der Waals surface area contributed by atoms with Crippen LogP contribution in [-0.4, -0.2) is 23.8 Å². The Bertz CT molecular complexity index is 484. The summed E-state index contributed by atoms with van der Waals surface area (Å²) in [6.07, 6.45) is 5.52. The van der Waals surface area contributed by atoms with E-state index in [9.17, 15) is 4.79 Å². The molecule has 0 unspecified atom stereocenters. The summed E-state index contributed by atoms with van der Waals surface area (Å²) in [6, 6.07) is 7.58. The maximum Gasteiger partial charge on any atom is 0.187 e. The van der Waals surface area contributed by atoms with Crippen molar-refractivity contribution in [2.24, 2.45) is 5.92 Å². The van der Waals surface area contributed by atoms with Crippen molar-refractivity contribution >= 4 is 21.7 Å². The first-order chi connectivity index (χ1) is 8.72. The van der Waals surface area contributed by atoms with E-state index >= 15 is 0 Å². The first-order valence-corrected chi connectivity index (χ1v) is 7.27. The zero-order valence-electron chi connectivity index (χ0n) is 10.2. The van der Waals surface area contributed by atoms with E-state index in [4.69, 9.17) is 0 Å². The number of fused-ring (bicyclic) bond motifs is 3. The Balaban J connectivity index is 1.79. The largest absolute Gasteiger partial charge is 0.375 e. The Morgan fingerprint density at radius 3 is 2.44 bits per heavy atom. The van der Waals surface area contributed by atoms with Crippen LogP contribution < -0.4 is 0 Å². The number of hydrogen-bond acceptors (Lipinski definition) is 2. The number of carbonyl (C=O) groups is 1. The fourth-order valence-electron chi connectivity index (χ4n) is 2.85. The van der Waals surface area contributed by atoms with Crippen LogP contribution in [0.2, 0.25) is 0 Å². The van der Waals surface area contributed by atoms with Crippen molar-refractivity contribution in [1.82, 2.24) is 4.90 Å². The summed E-state index contributed by atoms with van der Waals surface area (Å²) in [5, 5.41) is 0. The lowest BCUT2D eigenvalue weighted by atomic mass is 9.85. The minimum Gasteiger partial charge on any atom is -0.375 e. The summed E-state index contributed by atoms with van der Waals surface area (Å²) in [5.74, 6) is 0.934. The SMILES string of the molecule is O=C(/C=C1\CC2CCN1CC2)c1ccc(Br)cc1. The minimum absolute atomic E-state index is 0.130. The van der Waals surface area contributed by atoms with E-state index in [0.717, 1.165) is 35.5 Å². The van der Waals surface area contributed by atoms with Crippen LogP contribution in [0.5, 0.6) is 0 Å². The van der Waals surface area contributed by atoms with Gasteiger partial charge in [0.05, 0.1) is 0 Å². The monoisotopic (exact) mass is 305 g/mol. The third-order valence-electron chi connectivity index (χ3n) is 3.94. The van der Waals surface area contributed by atoms with Crippen molar-refractivity contribution in [2.75, 3.05) is 13.1 Å². The molecule has 1 aromatic rings. The standard InChI is InChI=1S/C15H16BrNO/c16-13-3-1-12(2-4-13)15(18)10-14-9-11-5-7-17(14)8-6-11/h1-4,10-11H,5-9H2/b14-10+. The van der Waals surface area contributed by atoms with Crippen LogP contribution in [0.25, 0.3) is 0 Å². The first kappa shape index (κ1) is 12.0. The molecule has 0 aliphatic carbocycles. The van der Waals surface area contributed by atoms with Crippen LogP contribution in [0.4, 0.5) is 0 Å². The summed E-state index contributed by atoms with van der Waals surface area (Å²) < 4.78 is 1.01. The molecule has 0 spiro atoms. The summed E-state index contributed by atoms with van der Waals surface area (Å²) >= 11 is 3.38. The third kappa shape index (κ3) is 2.37. The molecule has 0 N–H and O–H groups in total. The lowest BCUT2D eigenvalue weighted by Crippen LogP contribution is -2.39. The zero-order valence-corrected chi connectivity index (χ0v) is 11.8. The summed E-state index contributed by atoms with van der Waals surface area (Å²) in [5.41, 5.74) is 2.01. The van der Waals surface area contributed by atoms with E-state index < -0.39 is 0 Å². The number of piperidine rings is 3. The quantitative estimate of drug-likeness (QED) is 0.614. The highest BCUT2D eigenvalue weighted by atomic mass is 79.9. The predicted molar refractivity (Wildman–Crippen MR) is 75.5 cm³/mol. The van der Waals surface area contributed by atoms with Crippen LogP contribution in [0.1, 0.15) is 29.6 Å². The lowest BCUT2D eigenvalue weighted by molar-refractivity contribution is 0.103. The maximum absolute atomic E-state index is 12.2. The molecule has 3 heteroatoms. The van der Waals surface area contributed by atoms with Gasteiger partial charge in [-0.2, -0.15) is 0 Å². The number of benzene rings is 1. The second-order valence-electron chi connectivity index (χ2n) is 5.14. The Kier molecular flexibility index (Phi) is 3.25. The van der Waals surface area contributed by atoms with Gasteiger partial charge in [-0.1, -0.05) is 15.9 Å². The minimum atomic E-state index is 0.130. The van der Waals surface area contributed by atoms with E-state index in [1.807, 2.05) is 30.3 Å². The Hall–Kier alpha value is -1.09. The number of nitrogens with zero attached hydrogens (tertiary/aromatic N) is 1. The molecule has 2 bridgehead atoms. The van der Waals surface area contributed by atoms with Crippen molar-refractivity contribution < 1.29 is 4.79 Å². The van der Waals surface area contributed by atoms with Crippen LogP contribution in [0.15, 0.2) is 40.5 Å². The van der Waals surface area contributed by atoms with E-state index in [2.05, 4.69) is 20.8 Å². The molecule has 18 heavy (non-hydrogen) atoms. The fraction of sp³-hybridized carbons (Fsp3) is 0.400. The highest BCUT2D eigenvalue weighted by molar-refractivity contribution is 9.10. The maximum atomic E-state index is 12.2. The molecule has 0 atom stereocenters. The van der Waals surface area contributed by atoms with Crippen molar-refractivity contribution in [3.8, 4) is 0 Å². The Morgan fingerprint density at radius 1 is 1.22 bits per heavy atom. The van der Waals surface area contributed by atoms with Gasteiger partial charge < -0.3 is 4.90 Å². The van der Waals surface area contributed by atoms with Crippen molar-refractivity contribution in [3.63, 3.8) is 0 Å². The van der Waals surface area contributed by atoms with E-state index in [1.54, 1.807) is 0 Å². The predicted octanol–water partition coefficient (Wildman–Crippen LogP) is 3.63. The number of carbonyl (C=O) groups excluding carboxylic acids is 1. The van der Waals surface area contributed by atoms with Crippen LogP contribution >= 0.6 is 15.9 Å². The molecule has 2 nitrogen and oxygen atoms in total. The summed E-state index contributed by atoms with van der Waals surface area (Å²) in [6.45, 7) is 2.26. The average molecular weight is 306 g/mol. The van der Waals surface area contributed by atoms with Gasteiger partial charge in [-0.25, -0.2) is 0 Å². The van der Waals surface area contributed by atoms with E-state index in [1.165, 1.54) is 18.5 Å². The van der Waals surface area contributed by atoms with Crippen molar-refractivity contribution in [1.29, 1.82) is 0 Å².